The van der Waals surface area contributed by atoms with Crippen LogP contribution in [0.3, 0.4) is 0 Å². The number of rotatable bonds is 2. The molecule has 0 bridgehead atoms. The number of fused-ring (bicyclic) bond motifs is 1. The molecule has 0 aliphatic carbocycles. The third-order valence-electron chi connectivity index (χ3n) is 3.56. The van der Waals surface area contributed by atoms with Gasteiger partial charge in [0.15, 0.2) is 0 Å². The third kappa shape index (κ3) is 3.10. The Balaban J connectivity index is 1.66. The number of nitrogens with zero attached hydrogens (tertiary/aromatic N) is 1. The smallest absolute Gasteiger partial charge is 0.0772 e. The zero-order valence-electron chi connectivity index (χ0n) is 11.4. The number of nitrogens with two attached hydrogens (primary N) is 1. The Hall–Kier alpha value is -1.60. The number of hydrogen-bond donors (Lipinski definition) is 1. The quantitative estimate of drug-likeness (QED) is 0.858. The molecule has 1 aliphatic heterocycles. The van der Waals surface area contributed by atoms with Crippen LogP contribution in [0.2, 0.25) is 0 Å². The van der Waals surface area contributed by atoms with Crippen LogP contribution in [0.5, 0.6) is 0 Å². The van der Waals surface area contributed by atoms with E-state index < -0.39 is 0 Å². The van der Waals surface area contributed by atoms with Gasteiger partial charge in [0.25, 0.3) is 0 Å². The largest absolute Gasteiger partial charge is 0.320 e. The van der Waals surface area contributed by atoms with Crippen LogP contribution >= 0.6 is 11.3 Å². The molecule has 1 aromatic carbocycles. The average Bonchev–Trinajstić information content (AvgIpc) is 2.92. The lowest BCUT2D eigenvalue weighted by molar-refractivity contribution is 0.248. The van der Waals surface area contributed by atoms with E-state index in [0.29, 0.717) is 6.54 Å². The Morgan fingerprint density at radius 1 is 1.15 bits per heavy atom. The number of thiophene rings is 1. The molecule has 3 heteroatoms. The first-order chi connectivity index (χ1) is 9.85. The molecular formula is C17H18N2S. The first-order valence-electron chi connectivity index (χ1n) is 6.92. The zero-order chi connectivity index (χ0) is 13.8. The van der Waals surface area contributed by atoms with Crippen LogP contribution in [0.1, 0.15) is 20.9 Å². The van der Waals surface area contributed by atoms with Crippen LogP contribution in [0, 0.1) is 11.8 Å². The summed E-state index contributed by atoms with van der Waals surface area (Å²) >= 11 is 1.78. The lowest BCUT2D eigenvalue weighted by Gasteiger charge is -2.28. The highest BCUT2D eigenvalue weighted by atomic mass is 32.1. The van der Waals surface area contributed by atoms with Crippen LogP contribution in [0.25, 0.3) is 0 Å². The van der Waals surface area contributed by atoms with Crippen molar-refractivity contribution in [3.05, 3.63) is 57.3 Å². The first kappa shape index (κ1) is 13.4. The molecule has 2 nitrogen and oxygen atoms in total. The van der Waals surface area contributed by atoms with E-state index >= 15 is 0 Å². The molecule has 0 radical (unpaired) electrons. The lowest BCUT2D eigenvalue weighted by Crippen LogP contribution is -2.29. The summed E-state index contributed by atoms with van der Waals surface area (Å²) in [6, 6.07) is 13.0. The average molecular weight is 282 g/mol. The predicted octanol–water partition coefficient (Wildman–Crippen LogP) is 2.62. The lowest BCUT2D eigenvalue weighted by atomic mass is 10.00. The minimum Gasteiger partial charge on any atom is -0.320 e. The summed E-state index contributed by atoms with van der Waals surface area (Å²) in [4.78, 5) is 5.00. The maximum absolute atomic E-state index is 5.40. The summed E-state index contributed by atoms with van der Waals surface area (Å²) in [6.07, 6.45) is 1.15. The van der Waals surface area contributed by atoms with Crippen LogP contribution < -0.4 is 5.73 Å². The van der Waals surface area contributed by atoms with Gasteiger partial charge in [0.05, 0.1) is 11.4 Å². The molecular weight excluding hydrogens is 264 g/mol. The number of hydrogen-bond acceptors (Lipinski definition) is 3. The third-order valence-corrected chi connectivity index (χ3v) is 4.55. The van der Waals surface area contributed by atoms with E-state index in [1.165, 1.54) is 16.0 Å². The second-order valence-electron chi connectivity index (χ2n) is 5.00. The molecule has 2 heterocycles. The van der Waals surface area contributed by atoms with Crippen molar-refractivity contribution in [3.8, 4) is 11.8 Å². The molecule has 0 saturated carbocycles. The van der Waals surface area contributed by atoms with Crippen LogP contribution in [-0.2, 0) is 19.5 Å². The number of benzene rings is 1. The van der Waals surface area contributed by atoms with Crippen molar-refractivity contribution in [2.75, 3.05) is 13.1 Å². The van der Waals surface area contributed by atoms with Gasteiger partial charge >= 0.3 is 0 Å². The summed E-state index contributed by atoms with van der Waals surface area (Å²) in [7, 11) is 0. The fourth-order valence-corrected chi connectivity index (χ4v) is 3.50. The van der Waals surface area contributed by atoms with Gasteiger partial charge in [-0.1, -0.05) is 36.1 Å². The van der Waals surface area contributed by atoms with E-state index in [2.05, 4.69) is 53.1 Å². The van der Waals surface area contributed by atoms with Gasteiger partial charge in [-0.3, -0.25) is 4.90 Å². The molecule has 0 spiro atoms. The Bertz CT molecular complexity index is 648. The standard InChI is InChI=1S/C17H18N2S/c18-10-3-6-16-7-8-17(20-16)13-19-11-9-14-4-1-2-5-15(14)12-19/h1-2,4-5,7-8H,9-13,18H2. The van der Waals surface area contributed by atoms with E-state index in [9.17, 15) is 0 Å². The molecule has 2 N–H and O–H groups in total. The topological polar surface area (TPSA) is 29.3 Å². The maximum atomic E-state index is 5.40. The van der Waals surface area contributed by atoms with Crippen molar-refractivity contribution in [1.82, 2.24) is 4.90 Å². The van der Waals surface area contributed by atoms with E-state index in [4.69, 9.17) is 5.73 Å². The van der Waals surface area contributed by atoms with E-state index in [-0.39, 0.29) is 0 Å². The van der Waals surface area contributed by atoms with Crippen molar-refractivity contribution in [3.63, 3.8) is 0 Å². The maximum Gasteiger partial charge on any atom is 0.0772 e. The molecule has 1 aromatic heterocycles. The molecule has 0 atom stereocenters. The highest BCUT2D eigenvalue weighted by Crippen LogP contribution is 2.23. The molecule has 0 amide bonds. The second-order valence-corrected chi connectivity index (χ2v) is 6.17. The van der Waals surface area contributed by atoms with Crippen molar-refractivity contribution in [1.29, 1.82) is 0 Å². The van der Waals surface area contributed by atoms with Gasteiger partial charge in [-0.2, -0.15) is 0 Å². The van der Waals surface area contributed by atoms with Gasteiger partial charge in [0, 0.05) is 24.5 Å². The van der Waals surface area contributed by atoms with Crippen LogP contribution in [-0.4, -0.2) is 18.0 Å². The van der Waals surface area contributed by atoms with Crippen molar-refractivity contribution in [2.24, 2.45) is 5.73 Å². The summed E-state index contributed by atoms with van der Waals surface area (Å²) in [5, 5.41) is 0. The van der Waals surface area contributed by atoms with Gasteiger partial charge in [-0.25, -0.2) is 0 Å². The summed E-state index contributed by atoms with van der Waals surface area (Å²) in [5.41, 5.74) is 8.38. The van der Waals surface area contributed by atoms with Crippen molar-refractivity contribution in [2.45, 2.75) is 19.5 Å². The molecule has 2 aromatic rings. The monoisotopic (exact) mass is 282 g/mol. The second kappa shape index (κ2) is 6.23. The fraction of sp³-hybridized carbons (Fsp3) is 0.294. The Labute approximate surface area is 124 Å². The first-order valence-corrected chi connectivity index (χ1v) is 7.73. The molecule has 3 rings (SSSR count). The minimum absolute atomic E-state index is 0.427. The SMILES string of the molecule is NCC#Cc1ccc(CN2CCc3ccccc3C2)s1. The Morgan fingerprint density at radius 2 is 2.00 bits per heavy atom. The molecule has 0 unspecified atom stereocenters. The van der Waals surface area contributed by atoms with Crippen molar-refractivity contribution < 1.29 is 0 Å². The van der Waals surface area contributed by atoms with Crippen LogP contribution in [0.15, 0.2) is 36.4 Å². The Morgan fingerprint density at radius 3 is 2.85 bits per heavy atom. The van der Waals surface area contributed by atoms with Gasteiger partial charge in [0.1, 0.15) is 0 Å². The molecule has 0 fully saturated rings. The van der Waals surface area contributed by atoms with Crippen LogP contribution in [0.4, 0.5) is 0 Å². The predicted molar refractivity (Wildman–Crippen MR) is 84.5 cm³/mol. The highest BCUT2D eigenvalue weighted by Gasteiger charge is 2.16. The van der Waals surface area contributed by atoms with E-state index in [0.717, 1.165) is 30.9 Å². The molecule has 20 heavy (non-hydrogen) atoms. The minimum atomic E-state index is 0.427. The van der Waals surface area contributed by atoms with E-state index in [1.807, 2.05) is 0 Å². The van der Waals surface area contributed by atoms with Gasteiger partial charge < -0.3 is 5.73 Å². The van der Waals surface area contributed by atoms with Gasteiger partial charge in [-0.15, -0.1) is 11.3 Å². The Kier molecular flexibility index (Phi) is 4.17. The fourth-order valence-electron chi connectivity index (χ4n) is 2.58. The summed E-state index contributed by atoms with van der Waals surface area (Å²) < 4.78 is 0. The van der Waals surface area contributed by atoms with Crippen molar-refractivity contribution >= 4 is 11.3 Å². The van der Waals surface area contributed by atoms with Gasteiger partial charge in [0.2, 0.25) is 0 Å². The van der Waals surface area contributed by atoms with E-state index in [1.54, 1.807) is 11.3 Å². The van der Waals surface area contributed by atoms with Gasteiger partial charge in [-0.05, 0) is 29.7 Å². The zero-order valence-corrected chi connectivity index (χ0v) is 12.2. The normalized spacial score (nSPS) is 14.4. The highest BCUT2D eigenvalue weighted by molar-refractivity contribution is 7.12. The molecule has 1 aliphatic rings. The molecule has 102 valence electrons. The molecule has 0 saturated heterocycles. The summed E-state index contributed by atoms with van der Waals surface area (Å²) in [6.45, 7) is 3.63. The summed E-state index contributed by atoms with van der Waals surface area (Å²) in [5.74, 6) is 6.01.